The number of nitrogens with two attached hydrogens (primary N) is 1. The number of para-hydroxylation sites is 1. The number of nitrogen functional groups attached to an aromatic ring is 1. The van der Waals surface area contributed by atoms with Crippen molar-refractivity contribution in [3.05, 3.63) is 23.2 Å². The first-order chi connectivity index (χ1) is 10.2. The molecule has 1 saturated carbocycles. The molecule has 2 N–H and O–H groups in total. The van der Waals surface area contributed by atoms with Crippen LogP contribution in [0.1, 0.15) is 39.0 Å². The predicted octanol–water partition coefficient (Wildman–Crippen LogP) is 3.55. The second kappa shape index (κ2) is 5.64. The van der Waals surface area contributed by atoms with Crippen LogP contribution in [0.4, 0.5) is 5.69 Å². The van der Waals surface area contributed by atoms with Crippen molar-refractivity contribution in [3.63, 3.8) is 0 Å². The first kappa shape index (κ1) is 14.3. The zero-order chi connectivity index (χ0) is 14.9. The van der Waals surface area contributed by atoms with E-state index in [1.54, 1.807) is 6.07 Å². The van der Waals surface area contributed by atoms with Crippen LogP contribution >= 0.6 is 11.6 Å². The molecule has 0 spiro atoms. The van der Waals surface area contributed by atoms with E-state index in [0.29, 0.717) is 21.9 Å². The van der Waals surface area contributed by atoms with E-state index in [9.17, 15) is 0 Å². The number of anilines is 1. The van der Waals surface area contributed by atoms with Crippen molar-refractivity contribution in [2.24, 2.45) is 5.41 Å². The van der Waals surface area contributed by atoms with Crippen molar-refractivity contribution < 1.29 is 0 Å². The zero-order valence-electron chi connectivity index (χ0n) is 12.2. The van der Waals surface area contributed by atoms with Crippen LogP contribution in [-0.4, -0.2) is 20.2 Å². The van der Waals surface area contributed by atoms with Crippen LogP contribution in [0.15, 0.2) is 18.2 Å². The molecule has 112 valence electrons. The Bertz CT molecular complexity index is 631. The molecule has 21 heavy (non-hydrogen) atoms. The molecule has 3 rings (SSSR count). The zero-order valence-corrected chi connectivity index (χ0v) is 13.0. The van der Waals surface area contributed by atoms with Gasteiger partial charge >= 0.3 is 0 Å². The lowest BCUT2D eigenvalue weighted by Gasteiger charge is -2.27. The lowest BCUT2D eigenvalue weighted by atomic mass is 9.83. The van der Waals surface area contributed by atoms with E-state index in [0.717, 1.165) is 18.5 Å². The van der Waals surface area contributed by atoms with Crippen LogP contribution in [0.5, 0.6) is 0 Å². The van der Waals surface area contributed by atoms with Crippen molar-refractivity contribution in [2.75, 3.05) is 5.73 Å². The van der Waals surface area contributed by atoms with Crippen molar-refractivity contribution in [1.29, 1.82) is 0 Å². The van der Waals surface area contributed by atoms with E-state index in [1.165, 1.54) is 25.7 Å². The molecule has 0 amide bonds. The number of tetrazole rings is 1. The number of nitrogens with zero attached hydrogens (tertiary/aromatic N) is 4. The van der Waals surface area contributed by atoms with Crippen molar-refractivity contribution >= 4 is 17.3 Å². The van der Waals surface area contributed by atoms with Crippen LogP contribution < -0.4 is 5.73 Å². The average Bonchev–Trinajstić information content (AvgIpc) is 3.13. The van der Waals surface area contributed by atoms with E-state index < -0.39 is 0 Å². The second-order valence-corrected chi connectivity index (χ2v) is 6.33. The van der Waals surface area contributed by atoms with Crippen LogP contribution in [0.25, 0.3) is 11.4 Å². The molecular weight excluding hydrogens is 286 g/mol. The molecule has 1 aliphatic carbocycles. The maximum atomic E-state index is 6.11. The highest BCUT2D eigenvalue weighted by Crippen LogP contribution is 2.43. The number of benzene rings is 1. The Hall–Kier alpha value is -1.62. The molecule has 1 heterocycles. The summed E-state index contributed by atoms with van der Waals surface area (Å²) in [6.07, 6.45) is 6.23. The van der Waals surface area contributed by atoms with Gasteiger partial charge in [0.25, 0.3) is 0 Å². The fraction of sp³-hybridized carbons (Fsp3) is 0.533. The van der Waals surface area contributed by atoms with Gasteiger partial charge in [-0.15, -0.1) is 5.10 Å². The molecule has 0 saturated heterocycles. The summed E-state index contributed by atoms with van der Waals surface area (Å²) < 4.78 is 1.89. The highest BCUT2D eigenvalue weighted by molar-refractivity contribution is 6.33. The minimum atomic E-state index is 0.317. The van der Waals surface area contributed by atoms with Crippen molar-refractivity contribution in [1.82, 2.24) is 20.2 Å². The topological polar surface area (TPSA) is 69.6 Å². The minimum Gasteiger partial charge on any atom is -0.397 e. The van der Waals surface area contributed by atoms with Crippen LogP contribution in [0, 0.1) is 5.41 Å². The lowest BCUT2D eigenvalue weighted by Crippen LogP contribution is -2.24. The van der Waals surface area contributed by atoms with Crippen LogP contribution in [0.2, 0.25) is 5.02 Å². The van der Waals surface area contributed by atoms with Gasteiger partial charge in [-0.25, -0.2) is 4.68 Å². The Morgan fingerprint density at radius 1 is 1.33 bits per heavy atom. The first-order valence-electron chi connectivity index (χ1n) is 7.46. The normalized spacial score (nSPS) is 17.2. The number of halogens is 1. The maximum Gasteiger partial charge on any atom is 0.184 e. The number of rotatable bonds is 4. The molecular formula is C15H20ClN5. The maximum absolute atomic E-state index is 6.11. The third kappa shape index (κ3) is 2.62. The summed E-state index contributed by atoms with van der Waals surface area (Å²) in [5.74, 6) is 0.703. The summed E-state index contributed by atoms with van der Waals surface area (Å²) in [5, 5.41) is 12.7. The quantitative estimate of drug-likeness (QED) is 0.877. The predicted molar refractivity (Wildman–Crippen MR) is 83.9 cm³/mol. The molecule has 0 aliphatic heterocycles. The molecule has 6 heteroatoms. The highest BCUT2D eigenvalue weighted by Gasteiger charge is 2.33. The van der Waals surface area contributed by atoms with Gasteiger partial charge in [0, 0.05) is 5.56 Å². The van der Waals surface area contributed by atoms with Gasteiger partial charge in [0.2, 0.25) is 0 Å². The fourth-order valence-electron chi connectivity index (χ4n) is 3.30. The Labute approximate surface area is 129 Å². The summed E-state index contributed by atoms with van der Waals surface area (Å²) in [4.78, 5) is 0. The summed E-state index contributed by atoms with van der Waals surface area (Å²) >= 11 is 6.11. The first-order valence-corrected chi connectivity index (χ1v) is 7.83. The molecule has 1 aliphatic rings. The number of hydrogen-bond acceptors (Lipinski definition) is 4. The van der Waals surface area contributed by atoms with Gasteiger partial charge in [-0.1, -0.05) is 37.4 Å². The molecule has 1 aromatic heterocycles. The van der Waals surface area contributed by atoms with E-state index >= 15 is 0 Å². The van der Waals surface area contributed by atoms with Gasteiger partial charge in [-0.3, -0.25) is 0 Å². The van der Waals surface area contributed by atoms with Gasteiger partial charge in [0.05, 0.1) is 17.3 Å². The highest BCUT2D eigenvalue weighted by atomic mass is 35.5. The van der Waals surface area contributed by atoms with Crippen molar-refractivity contribution in [2.45, 2.75) is 45.6 Å². The van der Waals surface area contributed by atoms with Gasteiger partial charge in [-0.05, 0) is 47.2 Å². The third-order valence-corrected chi connectivity index (χ3v) is 5.05. The second-order valence-electron chi connectivity index (χ2n) is 5.92. The number of hydrogen-bond donors (Lipinski definition) is 1. The Balaban J connectivity index is 1.96. The molecule has 5 nitrogen and oxygen atoms in total. The van der Waals surface area contributed by atoms with Crippen LogP contribution in [0.3, 0.4) is 0 Å². The molecule has 0 unspecified atom stereocenters. The smallest absolute Gasteiger partial charge is 0.184 e. The van der Waals surface area contributed by atoms with Gasteiger partial charge < -0.3 is 5.73 Å². The Morgan fingerprint density at radius 2 is 2.10 bits per heavy atom. The summed E-state index contributed by atoms with van der Waals surface area (Å²) in [6.45, 7) is 3.10. The number of aromatic nitrogens is 4. The summed E-state index contributed by atoms with van der Waals surface area (Å²) in [6, 6.07) is 5.56. The third-order valence-electron chi connectivity index (χ3n) is 4.73. The minimum absolute atomic E-state index is 0.317. The molecule has 2 aromatic rings. The fourth-order valence-corrected chi connectivity index (χ4v) is 3.48. The van der Waals surface area contributed by atoms with E-state index in [4.69, 9.17) is 17.3 Å². The van der Waals surface area contributed by atoms with Gasteiger partial charge in [0.1, 0.15) is 0 Å². The summed E-state index contributed by atoms with van der Waals surface area (Å²) in [5.41, 5.74) is 7.73. The van der Waals surface area contributed by atoms with E-state index in [1.807, 2.05) is 16.8 Å². The molecule has 0 atom stereocenters. The van der Waals surface area contributed by atoms with Gasteiger partial charge in [-0.2, -0.15) is 0 Å². The van der Waals surface area contributed by atoms with Crippen molar-refractivity contribution in [3.8, 4) is 11.4 Å². The molecule has 0 radical (unpaired) electrons. The molecule has 1 fully saturated rings. The molecule has 0 bridgehead atoms. The largest absolute Gasteiger partial charge is 0.397 e. The summed E-state index contributed by atoms with van der Waals surface area (Å²) in [7, 11) is 0. The van der Waals surface area contributed by atoms with E-state index in [-0.39, 0.29) is 0 Å². The SMILES string of the molecule is CCC1(Cn2nnnc2-c2cccc(Cl)c2N)CCCC1. The van der Waals surface area contributed by atoms with E-state index in [2.05, 4.69) is 22.4 Å². The van der Waals surface area contributed by atoms with Gasteiger partial charge in [0.15, 0.2) is 5.82 Å². The standard InChI is InChI=1S/C15H20ClN5/c1-2-15(8-3-4-9-15)10-21-14(18-19-20-21)11-6-5-7-12(16)13(11)17/h5-7H,2-4,8-10,17H2,1H3. The monoisotopic (exact) mass is 305 g/mol. The lowest BCUT2D eigenvalue weighted by molar-refractivity contribution is 0.226. The van der Waals surface area contributed by atoms with Crippen LogP contribution in [-0.2, 0) is 6.54 Å². The average molecular weight is 306 g/mol. The Morgan fingerprint density at radius 3 is 2.81 bits per heavy atom. The molecule has 1 aromatic carbocycles. The Kier molecular flexibility index (Phi) is 3.85.